The van der Waals surface area contributed by atoms with Gasteiger partial charge in [0, 0.05) is 37.8 Å². The first kappa shape index (κ1) is 13.9. The molecule has 1 atom stereocenters. The summed E-state index contributed by atoms with van der Waals surface area (Å²) in [6.07, 6.45) is 1.88. The van der Waals surface area contributed by atoms with Crippen molar-refractivity contribution < 1.29 is 14.6 Å². The van der Waals surface area contributed by atoms with Crippen LogP contribution >= 0.6 is 0 Å². The minimum atomic E-state index is 0.0126. The molecule has 0 saturated carbocycles. The van der Waals surface area contributed by atoms with Gasteiger partial charge >= 0.3 is 0 Å². The van der Waals surface area contributed by atoms with E-state index in [1.165, 1.54) is 0 Å². The first-order valence-electron chi connectivity index (χ1n) is 6.22. The fraction of sp³-hybridized carbons (Fsp3) is 1.00. The second-order valence-corrected chi connectivity index (χ2v) is 4.71. The van der Waals surface area contributed by atoms with E-state index in [0.29, 0.717) is 6.04 Å². The molecule has 4 nitrogen and oxygen atoms in total. The van der Waals surface area contributed by atoms with Crippen LogP contribution in [0, 0.1) is 5.41 Å². The lowest BCUT2D eigenvalue weighted by atomic mass is 9.81. The zero-order valence-corrected chi connectivity index (χ0v) is 10.5. The highest BCUT2D eigenvalue weighted by molar-refractivity contribution is 4.84. The fourth-order valence-corrected chi connectivity index (χ4v) is 1.94. The summed E-state index contributed by atoms with van der Waals surface area (Å²) in [6.45, 7) is 8.22. The molecule has 96 valence electrons. The molecule has 1 unspecified atom stereocenters. The maximum atomic E-state index is 9.50. The number of nitrogens with one attached hydrogen (secondary N) is 1. The molecule has 1 aliphatic heterocycles. The van der Waals surface area contributed by atoms with Crippen molar-refractivity contribution in [1.82, 2.24) is 5.32 Å². The van der Waals surface area contributed by atoms with Gasteiger partial charge in [-0.15, -0.1) is 0 Å². The third-order valence-electron chi connectivity index (χ3n) is 3.29. The van der Waals surface area contributed by atoms with E-state index in [4.69, 9.17) is 9.47 Å². The van der Waals surface area contributed by atoms with E-state index in [9.17, 15) is 5.11 Å². The molecule has 0 aromatic rings. The van der Waals surface area contributed by atoms with Crippen LogP contribution in [0.15, 0.2) is 0 Å². The summed E-state index contributed by atoms with van der Waals surface area (Å²) in [4.78, 5) is 0. The Labute approximate surface area is 98.3 Å². The molecule has 1 aliphatic rings. The fourth-order valence-electron chi connectivity index (χ4n) is 1.94. The van der Waals surface area contributed by atoms with Crippen LogP contribution in [-0.2, 0) is 9.47 Å². The summed E-state index contributed by atoms with van der Waals surface area (Å²) >= 11 is 0. The molecule has 0 radical (unpaired) electrons. The average Bonchev–Trinajstić information content (AvgIpc) is 2.35. The zero-order chi connectivity index (χ0) is 11.9. The van der Waals surface area contributed by atoms with Gasteiger partial charge in [-0.3, -0.25) is 0 Å². The van der Waals surface area contributed by atoms with Crippen molar-refractivity contribution in [3.05, 3.63) is 0 Å². The molecule has 0 aromatic carbocycles. The van der Waals surface area contributed by atoms with Crippen molar-refractivity contribution in [1.29, 1.82) is 0 Å². The van der Waals surface area contributed by atoms with Crippen LogP contribution in [0.4, 0.5) is 0 Å². The minimum absolute atomic E-state index is 0.0126. The number of rotatable bonds is 7. The predicted octanol–water partition coefficient (Wildman–Crippen LogP) is 0.790. The lowest BCUT2D eigenvalue weighted by Gasteiger charge is -2.36. The van der Waals surface area contributed by atoms with E-state index < -0.39 is 0 Å². The van der Waals surface area contributed by atoms with E-state index in [1.54, 1.807) is 0 Å². The molecule has 0 bridgehead atoms. The topological polar surface area (TPSA) is 50.7 Å². The van der Waals surface area contributed by atoms with Crippen LogP contribution in [0.3, 0.4) is 0 Å². The number of hydrogen-bond donors (Lipinski definition) is 2. The summed E-state index contributed by atoms with van der Waals surface area (Å²) in [7, 11) is 0. The molecule has 0 aromatic heterocycles. The predicted molar refractivity (Wildman–Crippen MR) is 63.5 cm³/mol. The summed E-state index contributed by atoms with van der Waals surface area (Å²) in [5, 5.41) is 12.9. The Hall–Kier alpha value is -0.160. The molecular weight excluding hydrogens is 206 g/mol. The van der Waals surface area contributed by atoms with Crippen LogP contribution in [0.2, 0.25) is 0 Å². The second-order valence-electron chi connectivity index (χ2n) is 4.71. The Morgan fingerprint density at radius 1 is 1.44 bits per heavy atom. The average molecular weight is 231 g/mol. The third kappa shape index (κ3) is 4.37. The zero-order valence-electron chi connectivity index (χ0n) is 10.5. The highest BCUT2D eigenvalue weighted by Crippen LogP contribution is 2.29. The Morgan fingerprint density at radius 2 is 2.12 bits per heavy atom. The lowest BCUT2D eigenvalue weighted by molar-refractivity contribution is -0.0177. The maximum Gasteiger partial charge on any atom is 0.0616 e. The number of aliphatic hydroxyl groups excluding tert-OH is 1. The highest BCUT2D eigenvalue weighted by atomic mass is 16.5. The highest BCUT2D eigenvalue weighted by Gasteiger charge is 2.31. The van der Waals surface area contributed by atoms with E-state index in [0.717, 1.165) is 45.8 Å². The van der Waals surface area contributed by atoms with Gasteiger partial charge in [-0.25, -0.2) is 0 Å². The van der Waals surface area contributed by atoms with Gasteiger partial charge in [0.2, 0.25) is 0 Å². The lowest BCUT2D eigenvalue weighted by Crippen LogP contribution is -2.45. The van der Waals surface area contributed by atoms with Gasteiger partial charge in [-0.2, -0.15) is 0 Å². The van der Waals surface area contributed by atoms with Crippen molar-refractivity contribution in [3.63, 3.8) is 0 Å². The molecule has 2 N–H and O–H groups in total. The molecular formula is C12H25NO3. The molecule has 0 amide bonds. The third-order valence-corrected chi connectivity index (χ3v) is 3.29. The second kappa shape index (κ2) is 7.22. The molecule has 4 heteroatoms. The van der Waals surface area contributed by atoms with Crippen LogP contribution in [0.5, 0.6) is 0 Å². The number of ether oxygens (including phenoxy) is 2. The standard InChI is InChI=1S/C12H25NO3/c1-3-15-8-11(2)13-9-12(10-14)4-6-16-7-5-12/h11,13-14H,3-10H2,1-2H3. The van der Waals surface area contributed by atoms with Gasteiger partial charge in [0.25, 0.3) is 0 Å². The van der Waals surface area contributed by atoms with Crippen LogP contribution in [-0.4, -0.2) is 50.7 Å². The molecule has 1 fully saturated rings. The molecule has 0 aliphatic carbocycles. The first-order valence-corrected chi connectivity index (χ1v) is 6.22. The Morgan fingerprint density at radius 3 is 2.69 bits per heavy atom. The Kier molecular flexibility index (Phi) is 6.28. The summed E-state index contributed by atoms with van der Waals surface area (Å²) < 4.78 is 10.7. The Bertz CT molecular complexity index is 181. The van der Waals surface area contributed by atoms with Crippen molar-refractivity contribution in [2.24, 2.45) is 5.41 Å². The molecule has 1 rings (SSSR count). The molecule has 16 heavy (non-hydrogen) atoms. The maximum absolute atomic E-state index is 9.50. The summed E-state index contributed by atoms with van der Waals surface area (Å²) in [5.41, 5.74) is 0.0126. The van der Waals surface area contributed by atoms with E-state index in [2.05, 4.69) is 12.2 Å². The van der Waals surface area contributed by atoms with Crippen molar-refractivity contribution >= 4 is 0 Å². The van der Waals surface area contributed by atoms with Gasteiger partial charge in [0.15, 0.2) is 0 Å². The van der Waals surface area contributed by atoms with Crippen molar-refractivity contribution in [3.8, 4) is 0 Å². The normalized spacial score (nSPS) is 21.9. The Balaban J connectivity index is 2.27. The van der Waals surface area contributed by atoms with Crippen LogP contribution in [0.25, 0.3) is 0 Å². The summed E-state index contributed by atoms with van der Waals surface area (Å²) in [5.74, 6) is 0. The van der Waals surface area contributed by atoms with Gasteiger partial charge in [-0.05, 0) is 26.7 Å². The van der Waals surface area contributed by atoms with E-state index >= 15 is 0 Å². The largest absolute Gasteiger partial charge is 0.396 e. The van der Waals surface area contributed by atoms with Crippen LogP contribution in [0.1, 0.15) is 26.7 Å². The smallest absolute Gasteiger partial charge is 0.0616 e. The molecule has 1 heterocycles. The van der Waals surface area contributed by atoms with E-state index in [1.807, 2.05) is 6.92 Å². The number of aliphatic hydroxyl groups is 1. The van der Waals surface area contributed by atoms with Crippen LogP contribution < -0.4 is 5.32 Å². The van der Waals surface area contributed by atoms with Gasteiger partial charge in [0.1, 0.15) is 0 Å². The SMILES string of the molecule is CCOCC(C)NCC1(CO)CCOCC1. The van der Waals surface area contributed by atoms with Gasteiger partial charge in [-0.1, -0.05) is 0 Å². The number of hydrogen-bond acceptors (Lipinski definition) is 4. The molecule has 0 spiro atoms. The quantitative estimate of drug-likeness (QED) is 0.680. The van der Waals surface area contributed by atoms with Gasteiger partial charge < -0.3 is 19.9 Å². The first-order chi connectivity index (χ1) is 7.72. The van der Waals surface area contributed by atoms with Crippen molar-refractivity contribution in [2.45, 2.75) is 32.7 Å². The van der Waals surface area contributed by atoms with E-state index in [-0.39, 0.29) is 12.0 Å². The minimum Gasteiger partial charge on any atom is -0.396 e. The van der Waals surface area contributed by atoms with Crippen molar-refractivity contribution in [2.75, 3.05) is 39.6 Å². The summed E-state index contributed by atoms with van der Waals surface area (Å²) in [6, 6.07) is 0.339. The molecule has 1 saturated heterocycles. The van der Waals surface area contributed by atoms with Gasteiger partial charge in [0.05, 0.1) is 13.2 Å². The monoisotopic (exact) mass is 231 g/mol.